The fraction of sp³-hybridized carbons (Fsp3) is 0.211. The van der Waals surface area contributed by atoms with Crippen molar-refractivity contribution in [3.05, 3.63) is 53.4 Å². The molecular formula is C19H19N3O4. The van der Waals surface area contributed by atoms with Crippen molar-refractivity contribution in [1.29, 1.82) is 5.26 Å². The van der Waals surface area contributed by atoms with Gasteiger partial charge in [0, 0.05) is 6.20 Å². The first-order valence-electron chi connectivity index (χ1n) is 7.72. The second-order valence-electron chi connectivity index (χ2n) is 5.13. The van der Waals surface area contributed by atoms with Crippen molar-refractivity contribution >= 4 is 12.0 Å². The van der Waals surface area contributed by atoms with E-state index in [1.54, 1.807) is 30.5 Å². The highest BCUT2D eigenvalue weighted by atomic mass is 16.5. The van der Waals surface area contributed by atoms with Gasteiger partial charge in [-0.1, -0.05) is 6.07 Å². The molecule has 0 aliphatic heterocycles. The summed E-state index contributed by atoms with van der Waals surface area (Å²) in [4.78, 5) is 16.4. The van der Waals surface area contributed by atoms with Gasteiger partial charge in [0.1, 0.15) is 11.6 Å². The maximum absolute atomic E-state index is 12.3. The Bertz CT molecular complexity index is 817. The van der Waals surface area contributed by atoms with Crippen LogP contribution >= 0.6 is 0 Å². The molecule has 1 amide bonds. The minimum absolute atomic E-state index is 0.0461. The van der Waals surface area contributed by atoms with Crippen LogP contribution in [0.2, 0.25) is 0 Å². The zero-order valence-electron chi connectivity index (χ0n) is 14.8. The molecule has 1 aromatic carbocycles. The number of amides is 1. The summed E-state index contributed by atoms with van der Waals surface area (Å²) in [5.74, 6) is 0.811. The Morgan fingerprint density at radius 2 is 1.88 bits per heavy atom. The molecule has 7 nitrogen and oxygen atoms in total. The van der Waals surface area contributed by atoms with Crippen molar-refractivity contribution in [3.63, 3.8) is 0 Å². The van der Waals surface area contributed by atoms with Gasteiger partial charge in [-0.2, -0.15) is 5.26 Å². The molecule has 26 heavy (non-hydrogen) atoms. The standard InChI is InChI=1S/C19H19N3O4/c1-24-16-9-13(10-17(25-2)18(16)26-3)8-14(11-20)19(23)22-12-15-6-4-5-7-21-15/h4-10H,12H2,1-3H3,(H,22,23)/b14-8+. The SMILES string of the molecule is COc1cc(/C=C(\C#N)C(=O)NCc2ccccn2)cc(OC)c1OC. The molecule has 0 fully saturated rings. The van der Waals surface area contributed by atoms with Crippen LogP contribution in [0.25, 0.3) is 6.08 Å². The largest absolute Gasteiger partial charge is 0.493 e. The molecule has 134 valence electrons. The van der Waals surface area contributed by atoms with Gasteiger partial charge in [0.25, 0.3) is 5.91 Å². The summed E-state index contributed by atoms with van der Waals surface area (Å²) in [7, 11) is 4.49. The van der Waals surface area contributed by atoms with E-state index in [1.165, 1.54) is 27.4 Å². The van der Waals surface area contributed by atoms with Crippen LogP contribution in [0.1, 0.15) is 11.3 Å². The van der Waals surface area contributed by atoms with Crippen LogP contribution in [0.5, 0.6) is 17.2 Å². The third kappa shape index (κ3) is 4.51. The number of nitriles is 1. The number of pyridine rings is 1. The number of benzene rings is 1. The molecule has 2 rings (SSSR count). The highest BCUT2D eigenvalue weighted by Gasteiger charge is 2.14. The number of rotatable bonds is 7. The molecule has 0 atom stereocenters. The van der Waals surface area contributed by atoms with Gasteiger partial charge in [0.05, 0.1) is 33.6 Å². The van der Waals surface area contributed by atoms with Crippen molar-refractivity contribution in [2.75, 3.05) is 21.3 Å². The summed E-state index contributed by atoms with van der Waals surface area (Å²) in [6.07, 6.45) is 3.09. The van der Waals surface area contributed by atoms with Crippen LogP contribution in [0.3, 0.4) is 0 Å². The number of nitrogens with one attached hydrogen (secondary N) is 1. The molecule has 0 bridgehead atoms. The molecule has 0 radical (unpaired) electrons. The quantitative estimate of drug-likeness (QED) is 0.606. The first kappa shape index (κ1) is 18.8. The Hall–Kier alpha value is -3.53. The van der Waals surface area contributed by atoms with Crippen LogP contribution in [-0.2, 0) is 11.3 Å². The lowest BCUT2D eigenvalue weighted by Crippen LogP contribution is -2.24. The molecule has 0 saturated carbocycles. The Kier molecular flexibility index (Phi) is 6.57. The Morgan fingerprint density at radius 1 is 1.19 bits per heavy atom. The highest BCUT2D eigenvalue weighted by Crippen LogP contribution is 2.38. The minimum atomic E-state index is -0.494. The normalized spacial score (nSPS) is 10.6. The van der Waals surface area contributed by atoms with Gasteiger partial charge in [0.15, 0.2) is 11.5 Å². The smallest absolute Gasteiger partial charge is 0.262 e. The highest BCUT2D eigenvalue weighted by molar-refractivity contribution is 6.01. The lowest BCUT2D eigenvalue weighted by Gasteiger charge is -2.13. The van der Waals surface area contributed by atoms with Crippen molar-refractivity contribution < 1.29 is 19.0 Å². The van der Waals surface area contributed by atoms with E-state index < -0.39 is 5.91 Å². The van der Waals surface area contributed by atoms with E-state index in [0.29, 0.717) is 28.5 Å². The topological polar surface area (TPSA) is 93.5 Å². The van der Waals surface area contributed by atoms with Gasteiger partial charge >= 0.3 is 0 Å². The molecule has 0 spiro atoms. The fourth-order valence-electron chi connectivity index (χ4n) is 2.27. The van der Waals surface area contributed by atoms with Crippen molar-refractivity contribution in [2.24, 2.45) is 0 Å². The van der Waals surface area contributed by atoms with E-state index in [-0.39, 0.29) is 12.1 Å². The number of hydrogen-bond donors (Lipinski definition) is 1. The zero-order chi connectivity index (χ0) is 18.9. The van der Waals surface area contributed by atoms with Crippen LogP contribution in [0.4, 0.5) is 0 Å². The lowest BCUT2D eigenvalue weighted by molar-refractivity contribution is -0.117. The Morgan fingerprint density at radius 3 is 2.38 bits per heavy atom. The van der Waals surface area contributed by atoms with Gasteiger partial charge < -0.3 is 19.5 Å². The average molecular weight is 353 g/mol. The molecule has 0 saturated heterocycles. The number of carbonyl (C=O) groups excluding carboxylic acids is 1. The molecule has 7 heteroatoms. The second kappa shape index (κ2) is 9.08. The maximum atomic E-state index is 12.3. The van der Waals surface area contributed by atoms with Crippen LogP contribution in [-0.4, -0.2) is 32.2 Å². The molecule has 1 heterocycles. The molecule has 1 N–H and O–H groups in total. The summed E-state index contributed by atoms with van der Waals surface area (Å²) in [6, 6.07) is 10.6. The summed E-state index contributed by atoms with van der Waals surface area (Å²) in [6.45, 7) is 0.230. The van der Waals surface area contributed by atoms with Gasteiger partial charge in [0.2, 0.25) is 5.75 Å². The summed E-state index contributed by atoms with van der Waals surface area (Å²) < 4.78 is 15.8. The van der Waals surface area contributed by atoms with Gasteiger partial charge in [-0.05, 0) is 35.9 Å². The van der Waals surface area contributed by atoms with Crippen LogP contribution in [0, 0.1) is 11.3 Å². The van der Waals surface area contributed by atoms with E-state index in [1.807, 2.05) is 12.1 Å². The van der Waals surface area contributed by atoms with Crippen molar-refractivity contribution in [2.45, 2.75) is 6.54 Å². The third-order valence-electron chi connectivity index (χ3n) is 3.52. The number of carbonyl (C=O) groups is 1. The fourth-order valence-corrected chi connectivity index (χ4v) is 2.27. The summed E-state index contributed by atoms with van der Waals surface area (Å²) in [5.41, 5.74) is 1.23. The van der Waals surface area contributed by atoms with Crippen LogP contribution in [0.15, 0.2) is 42.1 Å². The number of aromatic nitrogens is 1. The average Bonchev–Trinajstić information content (AvgIpc) is 2.69. The number of methoxy groups -OCH3 is 3. The molecule has 1 aromatic heterocycles. The van der Waals surface area contributed by atoms with E-state index >= 15 is 0 Å². The van der Waals surface area contributed by atoms with E-state index in [9.17, 15) is 10.1 Å². The first-order chi connectivity index (χ1) is 12.6. The number of hydrogen-bond acceptors (Lipinski definition) is 6. The molecular weight excluding hydrogens is 334 g/mol. The first-order valence-corrected chi connectivity index (χ1v) is 7.72. The van der Waals surface area contributed by atoms with E-state index in [4.69, 9.17) is 14.2 Å². The van der Waals surface area contributed by atoms with E-state index in [2.05, 4.69) is 10.3 Å². The number of nitrogens with zero attached hydrogens (tertiary/aromatic N) is 2. The van der Waals surface area contributed by atoms with Gasteiger partial charge in [-0.3, -0.25) is 9.78 Å². The minimum Gasteiger partial charge on any atom is -0.493 e. The monoisotopic (exact) mass is 353 g/mol. The zero-order valence-corrected chi connectivity index (χ0v) is 14.8. The maximum Gasteiger partial charge on any atom is 0.262 e. The summed E-state index contributed by atoms with van der Waals surface area (Å²) >= 11 is 0. The van der Waals surface area contributed by atoms with Gasteiger partial charge in [-0.15, -0.1) is 0 Å². The summed E-state index contributed by atoms with van der Waals surface area (Å²) in [5, 5.41) is 12.0. The third-order valence-corrected chi connectivity index (χ3v) is 3.52. The molecule has 0 aliphatic carbocycles. The van der Waals surface area contributed by atoms with Crippen molar-refractivity contribution in [3.8, 4) is 23.3 Å². The van der Waals surface area contributed by atoms with Crippen LogP contribution < -0.4 is 19.5 Å². The lowest BCUT2D eigenvalue weighted by atomic mass is 10.1. The Balaban J connectivity index is 2.24. The Labute approximate surface area is 151 Å². The van der Waals surface area contributed by atoms with Gasteiger partial charge in [-0.25, -0.2) is 0 Å². The molecule has 0 unspecified atom stereocenters. The second-order valence-corrected chi connectivity index (χ2v) is 5.13. The molecule has 0 aliphatic rings. The number of ether oxygens (including phenoxy) is 3. The van der Waals surface area contributed by atoms with Crippen molar-refractivity contribution in [1.82, 2.24) is 10.3 Å². The molecule has 2 aromatic rings. The predicted octanol–water partition coefficient (Wildman–Crippen LogP) is 2.33. The predicted molar refractivity (Wildman–Crippen MR) is 95.8 cm³/mol. The van der Waals surface area contributed by atoms with E-state index in [0.717, 1.165) is 0 Å².